The van der Waals surface area contributed by atoms with E-state index < -0.39 is 0 Å². The van der Waals surface area contributed by atoms with E-state index in [0.29, 0.717) is 6.04 Å². The third-order valence-corrected chi connectivity index (χ3v) is 5.31. The summed E-state index contributed by atoms with van der Waals surface area (Å²) in [4.78, 5) is 4.69. The Bertz CT molecular complexity index is 495. The fourth-order valence-corrected chi connectivity index (χ4v) is 3.96. The van der Waals surface area contributed by atoms with Crippen LogP contribution < -0.4 is 5.32 Å². The Hall–Kier alpha value is -0.930. The van der Waals surface area contributed by atoms with Gasteiger partial charge in [-0.05, 0) is 37.8 Å². The number of fused-ring (bicyclic) bond motifs is 1. The van der Waals surface area contributed by atoms with Gasteiger partial charge < -0.3 is 5.32 Å². The van der Waals surface area contributed by atoms with Crippen LogP contribution in [0, 0.1) is 5.92 Å². The maximum absolute atomic E-state index is 4.69. The third kappa shape index (κ3) is 3.15. The molecule has 0 unspecified atom stereocenters. The molecule has 3 rings (SSSR count). The predicted molar refractivity (Wildman–Crippen MR) is 82.5 cm³/mol. The summed E-state index contributed by atoms with van der Waals surface area (Å²) < 4.78 is 1.30. The molecule has 1 fully saturated rings. The second kappa shape index (κ2) is 6.02. The lowest BCUT2D eigenvalue weighted by Gasteiger charge is -2.28. The molecule has 0 bridgehead atoms. The number of nitrogens with one attached hydrogen (secondary N) is 1. The number of thiazole rings is 1. The Labute approximate surface area is 119 Å². The van der Waals surface area contributed by atoms with E-state index in [0.717, 1.165) is 18.0 Å². The number of hydrogen-bond donors (Lipinski definition) is 1. The fraction of sp³-hybridized carbons (Fsp3) is 0.562. The van der Waals surface area contributed by atoms with Crippen LogP contribution in [0.3, 0.4) is 0 Å². The average molecular weight is 274 g/mol. The molecule has 1 N–H and O–H groups in total. The van der Waals surface area contributed by atoms with E-state index in [-0.39, 0.29) is 0 Å². The standard InChI is InChI=1S/C16H22N2S/c1-12(13-7-3-2-4-8-13)17-11-16-18-14-9-5-6-10-15(14)19-16/h5-6,9-10,12-13,17H,2-4,7-8,11H2,1H3/t12-/m1/s1. The van der Waals surface area contributed by atoms with Crippen molar-refractivity contribution in [2.24, 2.45) is 5.92 Å². The topological polar surface area (TPSA) is 24.9 Å². The van der Waals surface area contributed by atoms with Crippen LogP contribution in [0.25, 0.3) is 10.2 Å². The first-order chi connectivity index (χ1) is 9.33. The smallest absolute Gasteiger partial charge is 0.108 e. The zero-order chi connectivity index (χ0) is 13.1. The Morgan fingerprint density at radius 3 is 2.84 bits per heavy atom. The lowest BCUT2D eigenvalue weighted by atomic mass is 9.84. The highest BCUT2D eigenvalue weighted by Crippen LogP contribution is 2.27. The van der Waals surface area contributed by atoms with Crippen LogP contribution in [0.1, 0.15) is 44.0 Å². The maximum Gasteiger partial charge on any atom is 0.108 e. The highest BCUT2D eigenvalue weighted by Gasteiger charge is 2.19. The van der Waals surface area contributed by atoms with E-state index in [1.165, 1.54) is 41.8 Å². The Morgan fingerprint density at radius 2 is 2.05 bits per heavy atom. The molecule has 2 aromatic rings. The minimum atomic E-state index is 0.618. The summed E-state index contributed by atoms with van der Waals surface area (Å²) in [5.74, 6) is 0.864. The maximum atomic E-state index is 4.69. The van der Waals surface area contributed by atoms with Crippen LogP contribution in [-0.4, -0.2) is 11.0 Å². The Morgan fingerprint density at radius 1 is 1.26 bits per heavy atom. The minimum absolute atomic E-state index is 0.618. The SMILES string of the molecule is C[C@@H](NCc1nc2ccccc2s1)C1CCCCC1. The number of para-hydroxylation sites is 1. The molecule has 19 heavy (non-hydrogen) atoms. The third-order valence-electron chi connectivity index (χ3n) is 4.27. The van der Waals surface area contributed by atoms with Gasteiger partial charge in [-0.2, -0.15) is 0 Å². The van der Waals surface area contributed by atoms with Crippen molar-refractivity contribution in [3.8, 4) is 0 Å². The van der Waals surface area contributed by atoms with Gasteiger partial charge in [0.1, 0.15) is 5.01 Å². The second-order valence-electron chi connectivity index (χ2n) is 5.64. The number of nitrogens with zero attached hydrogens (tertiary/aromatic N) is 1. The van der Waals surface area contributed by atoms with Gasteiger partial charge in [0.15, 0.2) is 0 Å². The van der Waals surface area contributed by atoms with Crippen LogP contribution in [0.2, 0.25) is 0 Å². The summed E-state index contributed by atoms with van der Waals surface area (Å²) >= 11 is 1.81. The molecule has 1 aromatic carbocycles. The molecular formula is C16H22N2S. The largest absolute Gasteiger partial charge is 0.308 e. The van der Waals surface area contributed by atoms with Gasteiger partial charge in [-0.25, -0.2) is 4.98 Å². The average Bonchev–Trinajstić information content (AvgIpc) is 2.88. The van der Waals surface area contributed by atoms with Gasteiger partial charge in [-0.15, -0.1) is 11.3 Å². The zero-order valence-corrected chi connectivity index (χ0v) is 12.4. The van der Waals surface area contributed by atoms with E-state index in [1.54, 1.807) is 0 Å². The number of hydrogen-bond acceptors (Lipinski definition) is 3. The molecule has 1 saturated carbocycles. The zero-order valence-electron chi connectivity index (χ0n) is 11.6. The van der Waals surface area contributed by atoms with Crippen LogP contribution in [0.4, 0.5) is 0 Å². The summed E-state index contributed by atoms with van der Waals surface area (Å²) in [6.45, 7) is 3.25. The molecular weight excluding hydrogens is 252 g/mol. The van der Waals surface area contributed by atoms with Crippen LogP contribution in [0.5, 0.6) is 0 Å². The van der Waals surface area contributed by atoms with E-state index in [9.17, 15) is 0 Å². The molecule has 0 spiro atoms. The van der Waals surface area contributed by atoms with Crippen molar-refractivity contribution in [3.63, 3.8) is 0 Å². The van der Waals surface area contributed by atoms with Gasteiger partial charge in [0.25, 0.3) is 0 Å². The Kier molecular flexibility index (Phi) is 4.14. The van der Waals surface area contributed by atoms with Crippen molar-refractivity contribution in [2.45, 2.75) is 51.6 Å². The van der Waals surface area contributed by atoms with Crippen molar-refractivity contribution < 1.29 is 0 Å². The number of rotatable bonds is 4. The summed E-state index contributed by atoms with van der Waals surface area (Å²) in [7, 11) is 0. The molecule has 0 amide bonds. The molecule has 1 heterocycles. The summed E-state index contributed by atoms with van der Waals surface area (Å²) in [5, 5.41) is 4.89. The van der Waals surface area contributed by atoms with E-state index in [2.05, 4.69) is 41.5 Å². The summed E-state index contributed by atoms with van der Waals surface area (Å²) in [5.41, 5.74) is 1.13. The van der Waals surface area contributed by atoms with Crippen molar-refractivity contribution in [1.29, 1.82) is 0 Å². The molecule has 1 aromatic heterocycles. The normalized spacial score (nSPS) is 18.8. The van der Waals surface area contributed by atoms with Crippen molar-refractivity contribution in [3.05, 3.63) is 29.3 Å². The molecule has 1 aliphatic rings. The van der Waals surface area contributed by atoms with Crippen LogP contribution >= 0.6 is 11.3 Å². The molecule has 0 aliphatic heterocycles. The molecule has 0 saturated heterocycles. The Balaban J connectivity index is 1.58. The molecule has 1 atom stereocenters. The summed E-state index contributed by atoms with van der Waals surface area (Å²) in [6, 6.07) is 9.01. The molecule has 3 heteroatoms. The van der Waals surface area contributed by atoms with Gasteiger partial charge in [0, 0.05) is 12.6 Å². The van der Waals surface area contributed by atoms with Gasteiger partial charge in [-0.1, -0.05) is 31.4 Å². The van der Waals surface area contributed by atoms with Gasteiger partial charge >= 0.3 is 0 Å². The highest BCUT2D eigenvalue weighted by atomic mass is 32.1. The van der Waals surface area contributed by atoms with Crippen molar-refractivity contribution in [2.75, 3.05) is 0 Å². The van der Waals surface area contributed by atoms with E-state index in [1.807, 2.05) is 11.3 Å². The van der Waals surface area contributed by atoms with E-state index >= 15 is 0 Å². The number of benzene rings is 1. The first kappa shape index (κ1) is 13.1. The van der Waals surface area contributed by atoms with Crippen LogP contribution in [0.15, 0.2) is 24.3 Å². The lowest BCUT2D eigenvalue weighted by molar-refractivity contribution is 0.280. The fourth-order valence-electron chi connectivity index (χ4n) is 3.04. The predicted octanol–water partition coefficient (Wildman–Crippen LogP) is 4.35. The van der Waals surface area contributed by atoms with Crippen molar-refractivity contribution in [1.82, 2.24) is 10.3 Å². The molecule has 0 radical (unpaired) electrons. The van der Waals surface area contributed by atoms with E-state index in [4.69, 9.17) is 0 Å². The highest BCUT2D eigenvalue weighted by molar-refractivity contribution is 7.18. The molecule has 2 nitrogen and oxygen atoms in total. The second-order valence-corrected chi connectivity index (χ2v) is 6.76. The first-order valence-electron chi connectivity index (χ1n) is 7.41. The summed E-state index contributed by atoms with van der Waals surface area (Å²) in [6.07, 6.45) is 7.05. The minimum Gasteiger partial charge on any atom is -0.308 e. The van der Waals surface area contributed by atoms with Gasteiger partial charge in [-0.3, -0.25) is 0 Å². The van der Waals surface area contributed by atoms with Crippen LogP contribution in [-0.2, 0) is 6.54 Å². The first-order valence-corrected chi connectivity index (χ1v) is 8.22. The quantitative estimate of drug-likeness (QED) is 0.896. The van der Waals surface area contributed by atoms with Crippen molar-refractivity contribution >= 4 is 21.6 Å². The number of aromatic nitrogens is 1. The monoisotopic (exact) mass is 274 g/mol. The molecule has 1 aliphatic carbocycles. The van der Waals surface area contributed by atoms with Gasteiger partial charge in [0.05, 0.1) is 10.2 Å². The van der Waals surface area contributed by atoms with Gasteiger partial charge in [0.2, 0.25) is 0 Å². The molecule has 102 valence electrons. The lowest BCUT2D eigenvalue weighted by Crippen LogP contribution is -2.34.